The van der Waals surface area contributed by atoms with Gasteiger partial charge in [0.1, 0.15) is 0 Å². The maximum absolute atomic E-state index is 13.3. The fourth-order valence-corrected chi connectivity index (χ4v) is 1.57. The fraction of sp³-hybridized carbons (Fsp3) is 0.364. The highest BCUT2D eigenvalue weighted by atomic mass is 19.2. The first kappa shape index (κ1) is 11.0. The number of carbonyl (C=O) groups is 1. The number of rotatable bonds is 2. The first-order chi connectivity index (χ1) is 7.56. The Balaban J connectivity index is 2.57. The maximum atomic E-state index is 13.3. The molecule has 1 aliphatic carbocycles. The van der Waals surface area contributed by atoms with E-state index in [9.17, 15) is 18.0 Å². The van der Waals surface area contributed by atoms with Gasteiger partial charge in [-0.2, -0.15) is 0 Å². The van der Waals surface area contributed by atoms with Crippen molar-refractivity contribution in [3.8, 4) is 0 Å². The summed E-state index contributed by atoms with van der Waals surface area (Å²) in [4.78, 5) is 11.1. The summed E-state index contributed by atoms with van der Waals surface area (Å²) in [5, 5.41) is 0. The summed E-state index contributed by atoms with van der Waals surface area (Å²) in [6, 6.07) is 1.04. The number of benzene rings is 1. The lowest BCUT2D eigenvalue weighted by atomic mass is 10.0. The van der Waals surface area contributed by atoms with Crippen molar-refractivity contribution in [1.29, 1.82) is 0 Å². The van der Waals surface area contributed by atoms with E-state index in [1.165, 1.54) is 0 Å². The van der Waals surface area contributed by atoms with Crippen molar-refractivity contribution in [2.45, 2.75) is 18.8 Å². The Hall–Kier alpha value is -1.52. The van der Waals surface area contributed by atoms with Gasteiger partial charge < -0.3 is 4.74 Å². The van der Waals surface area contributed by atoms with E-state index in [0.717, 1.165) is 26.0 Å². The number of esters is 1. The predicted octanol–water partition coefficient (Wildman–Crippen LogP) is 2.77. The summed E-state index contributed by atoms with van der Waals surface area (Å²) < 4.78 is 44.1. The van der Waals surface area contributed by atoms with Gasteiger partial charge in [-0.05, 0) is 30.4 Å². The van der Waals surface area contributed by atoms with Crippen molar-refractivity contribution in [3.63, 3.8) is 0 Å². The van der Waals surface area contributed by atoms with Crippen molar-refractivity contribution in [3.05, 3.63) is 34.6 Å². The van der Waals surface area contributed by atoms with Gasteiger partial charge in [0.05, 0.1) is 12.7 Å². The molecule has 86 valence electrons. The minimum absolute atomic E-state index is 0.0549. The van der Waals surface area contributed by atoms with Gasteiger partial charge in [0, 0.05) is 0 Å². The second kappa shape index (κ2) is 3.81. The van der Waals surface area contributed by atoms with E-state index in [4.69, 9.17) is 0 Å². The van der Waals surface area contributed by atoms with Gasteiger partial charge in [0.2, 0.25) is 0 Å². The molecule has 16 heavy (non-hydrogen) atoms. The van der Waals surface area contributed by atoms with Gasteiger partial charge in [-0.25, -0.2) is 18.0 Å². The molecule has 1 aliphatic rings. The molecule has 0 N–H and O–H groups in total. The van der Waals surface area contributed by atoms with Crippen LogP contribution in [0.1, 0.15) is 34.7 Å². The topological polar surface area (TPSA) is 26.3 Å². The zero-order valence-electron chi connectivity index (χ0n) is 8.52. The van der Waals surface area contributed by atoms with Crippen LogP contribution in [0.25, 0.3) is 0 Å². The van der Waals surface area contributed by atoms with Gasteiger partial charge >= 0.3 is 5.97 Å². The minimum atomic E-state index is -1.61. The molecule has 0 heterocycles. The SMILES string of the molecule is COC(=O)c1cc(C2CC2)c(F)c(F)c1F. The van der Waals surface area contributed by atoms with Crippen LogP contribution < -0.4 is 0 Å². The average molecular weight is 230 g/mol. The molecule has 0 atom stereocenters. The average Bonchev–Trinajstić information content (AvgIpc) is 3.09. The summed E-state index contributed by atoms with van der Waals surface area (Å²) in [5.74, 6) is -5.41. The summed E-state index contributed by atoms with van der Waals surface area (Å²) in [6.07, 6.45) is 1.45. The first-order valence-electron chi connectivity index (χ1n) is 4.82. The van der Waals surface area contributed by atoms with Crippen LogP contribution in [-0.2, 0) is 4.74 Å². The summed E-state index contributed by atoms with van der Waals surface area (Å²) in [5.41, 5.74) is -0.498. The monoisotopic (exact) mass is 230 g/mol. The number of carbonyl (C=O) groups excluding carboxylic acids is 1. The molecular formula is C11H9F3O2. The Kier molecular flexibility index (Phi) is 2.61. The quantitative estimate of drug-likeness (QED) is 0.576. The highest BCUT2D eigenvalue weighted by molar-refractivity contribution is 5.90. The molecule has 2 nitrogen and oxygen atoms in total. The summed E-state index contributed by atoms with van der Waals surface area (Å²) >= 11 is 0. The van der Waals surface area contributed by atoms with E-state index in [2.05, 4.69) is 4.74 Å². The molecule has 1 saturated carbocycles. The van der Waals surface area contributed by atoms with Crippen molar-refractivity contribution < 1.29 is 22.7 Å². The van der Waals surface area contributed by atoms with Gasteiger partial charge in [0.15, 0.2) is 17.5 Å². The molecule has 0 aromatic heterocycles. The normalized spacial score (nSPS) is 15.0. The molecule has 0 amide bonds. The highest BCUT2D eigenvalue weighted by Crippen LogP contribution is 2.42. The summed E-state index contributed by atoms with van der Waals surface area (Å²) in [7, 11) is 1.06. The van der Waals surface area contributed by atoms with Gasteiger partial charge in [0.25, 0.3) is 0 Å². The Morgan fingerprint density at radius 3 is 2.38 bits per heavy atom. The van der Waals surface area contributed by atoms with E-state index in [1.54, 1.807) is 0 Å². The van der Waals surface area contributed by atoms with Crippen molar-refractivity contribution in [2.75, 3.05) is 7.11 Å². The minimum Gasteiger partial charge on any atom is -0.465 e. The zero-order chi connectivity index (χ0) is 11.9. The fourth-order valence-electron chi connectivity index (χ4n) is 1.57. The lowest BCUT2D eigenvalue weighted by molar-refractivity contribution is 0.0594. The van der Waals surface area contributed by atoms with E-state index in [0.29, 0.717) is 0 Å². The molecule has 0 saturated heterocycles. The molecule has 0 spiro atoms. The number of hydrogen-bond acceptors (Lipinski definition) is 2. The van der Waals surface area contributed by atoms with E-state index >= 15 is 0 Å². The Labute approximate surface area is 90.0 Å². The first-order valence-corrected chi connectivity index (χ1v) is 4.82. The highest BCUT2D eigenvalue weighted by Gasteiger charge is 2.32. The lowest BCUT2D eigenvalue weighted by Gasteiger charge is -2.07. The third kappa shape index (κ3) is 1.66. The molecule has 0 aliphatic heterocycles. The molecule has 5 heteroatoms. The third-order valence-corrected chi connectivity index (χ3v) is 2.60. The molecule has 0 unspecified atom stereocenters. The Morgan fingerprint density at radius 2 is 1.88 bits per heavy atom. The van der Waals surface area contributed by atoms with Crippen molar-refractivity contribution in [1.82, 2.24) is 0 Å². The molecule has 1 aromatic carbocycles. The third-order valence-electron chi connectivity index (χ3n) is 2.60. The van der Waals surface area contributed by atoms with Gasteiger partial charge in [-0.3, -0.25) is 0 Å². The van der Waals surface area contributed by atoms with Crippen LogP contribution in [0.2, 0.25) is 0 Å². The molecule has 2 rings (SSSR count). The molecule has 1 fully saturated rings. The summed E-state index contributed by atoms with van der Waals surface area (Å²) in [6.45, 7) is 0. The van der Waals surface area contributed by atoms with E-state index in [1.807, 2.05) is 0 Å². The number of methoxy groups -OCH3 is 1. The Morgan fingerprint density at radius 1 is 1.25 bits per heavy atom. The van der Waals surface area contributed by atoms with Gasteiger partial charge in [-0.15, -0.1) is 0 Å². The largest absolute Gasteiger partial charge is 0.465 e. The second-order valence-corrected chi connectivity index (χ2v) is 3.72. The van der Waals surface area contributed by atoms with E-state index in [-0.39, 0.29) is 11.5 Å². The Bertz CT molecular complexity index is 453. The maximum Gasteiger partial charge on any atom is 0.340 e. The van der Waals surface area contributed by atoms with Crippen LogP contribution in [0.4, 0.5) is 13.2 Å². The zero-order valence-corrected chi connectivity index (χ0v) is 8.52. The number of hydrogen-bond donors (Lipinski definition) is 0. The molecule has 1 aromatic rings. The van der Waals surface area contributed by atoms with Crippen LogP contribution in [-0.4, -0.2) is 13.1 Å². The van der Waals surface area contributed by atoms with Crippen LogP contribution in [0.15, 0.2) is 6.07 Å². The number of halogens is 3. The molecular weight excluding hydrogens is 221 g/mol. The number of ether oxygens (including phenoxy) is 1. The van der Waals surface area contributed by atoms with Crippen LogP contribution in [0.3, 0.4) is 0 Å². The smallest absolute Gasteiger partial charge is 0.340 e. The van der Waals surface area contributed by atoms with Gasteiger partial charge in [-0.1, -0.05) is 0 Å². The van der Waals surface area contributed by atoms with Crippen LogP contribution in [0.5, 0.6) is 0 Å². The van der Waals surface area contributed by atoms with E-state index < -0.39 is 29.0 Å². The lowest BCUT2D eigenvalue weighted by Crippen LogP contribution is -2.09. The standard InChI is InChI=1S/C11H9F3O2/c1-16-11(15)7-4-6(5-2-3-5)8(12)10(14)9(7)13/h4-5H,2-3H2,1H3. The van der Waals surface area contributed by atoms with Crippen LogP contribution >= 0.6 is 0 Å². The van der Waals surface area contributed by atoms with Crippen molar-refractivity contribution in [2.24, 2.45) is 0 Å². The second-order valence-electron chi connectivity index (χ2n) is 3.72. The molecule has 0 bridgehead atoms. The molecule has 0 radical (unpaired) electrons. The van der Waals surface area contributed by atoms with Crippen LogP contribution in [0, 0.1) is 17.5 Å². The van der Waals surface area contributed by atoms with Crippen molar-refractivity contribution >= 4 is 5.97 Å². The predicted molar refractivity (Wildman–Crippen MR) is 49.6 cm³/mol.